The number of aliphatic imine (C=N–C) groups is 2. The number of aryl methyl sites for hydroxylation is 2. The van der Waals surface area contributed by atoms with Crippen molar-refractivity contribution >= 4 is 59.0 Å². The molecule has 2 aliphatic rings. The topological polar surface area (TPSA) is 31.2 Å². The van der Waals surface area contributed by atoms with Gasteiger partial charge in [-0.2, -0.15) is 12.2 Å². The van der Waals surface area contributed by atoms with Crippen LogP contribution in [0.2, 0.25) is 0 Å². The molecule has 0 unspecified atom stereocenters. The molecule has 0 saturated carbocycles. The zero-order valence-electron chi connectivity index (χ0n) is 36.9. The first-order chi connectivity index (χ1) is 32.6. The number of para-hydroxylation sites is 4. The van der Waals surface area contributed by atoms with Crippen LogP contribution < -0.4 is 30.7 Å². The molecular weight excluding hydrogens is 996 g/mol. The average Bonchev–Trinajstić information content (AvgIpc) is 3.36. The second kappa shape index (κ2) is 18.9. The second-order valence-corrected chi connectivity index (χ2v) is 16.4. The SMILES string of the molecule is Cc1ccccc1N([C-]=NC1=c2\cccc\c2=c2/cccc/c2=c2\cccc\c2=[C-]\1)c1ccccc1N([C-]=NC1=c2\cccc\c2=c2/cccc/c2=c2\cccc\c2=[C-]\1)c1ccccc1C.[Pt+4]. The van der Waals surface area contributed by atoms with Crippen molar-refractivity contribution in [3.63, 3.8) is 0 Å². The van der Waals surface area contributed by atoms with Gasteiger partial charge in [-0.15, -0.1) is 57.3 Å². The second-order valence-electron chi connectivity index (χ2n) is 16.4. The number of benzene rings is 9. The van der Waals surface area contributed by atoms with Crippen LogP contribution in [0.25, 0.3) is 23.5 Å². The fourth-order valence-corrected chi connectivity index (χ4v) is 9.12. The fraction of sp³-hybridized carbons (Fsp3) is 0.0323. The van der Waals surface area contributed by atoms with E-state index in [1.807, 2.05) is 0 Å². The summed E-state index contributed by atoms with van der Waals surface area (Å²) < 4.78 is 0. The first kappa shape index (κ1) is 43.0. The van der Waals surface area contributed by atoms with Gasteiger partial charge in [-0.3, -0.25) is 0 Å². The van der Waals surface area contributed by atoms with Gasteiger partial charge in [-0.25, -0.2) is 0 Å². The normalized spacial score (nSPS) is 17.0. The molecule has 0 saturated heterocycles. The van der Waals surface area contributed by atoms with Crippen LogP contribution in [0, 0.1) is 55.6 Å². The van der Waals surface area contributed by atoms with E-state index in [2.05, 4.69) is 267 Å². The number of hydrogen-bond donors (Lipinski definition) is 0. The first-order valence-electron chi connectivity index (χ1n) is 22.2. The van der Waals surface area contributed by atoms with Crippen molar-refractivity contribution in [2.75, 3.05) is 9.80 Å². The summed E-state index contributed by atoms with van der Waals surface area (Å²) in [5.74, 6) is 0. The molecule has 4 nitrogen and oxygen atoms in total. The number of nitrogens with zero attached hydrogens (tertiary/aromatic N) is 4. The molecular formula is C62H42N4Pt. The number of fused-ring (bicyclic) bond motifs is 6. The van der Waals surface area contributed by atoms with Crippen LogP contribution in [0.3, 0.4) is 0 Å². The predicted molar refractivity (Wildman–Crippen MR) is 269 cm³/mol. The molecule has 0 N–H and O–H groups in total. The van der Waals surface area contributed by atoms with E-state index in [-0.39, 0.29) is 21.1 Å². The minimum Gasteiger partial charge on any atom is -0.426 e. The van der Waals surface area contributed by atoms with E-state index < -0.39 is 0 Å². The molecule has 0 spiro atoms. The summed E-state index contributed by atoms with van der Waals surface area (Å²) in [6.45, 7) is 4.24. The molecule has 0 heterocycles. The number of anilines is 4. The summed E-state index contributed by atoms with van der Waals surface area (Å²) in [6.07, 6.45) is 14.6. The summed E-state index contributed by atoms with van der Waals surface area (Å²) >= 11 is 0. The quantitative estimate of drug-likeness (QED) is 0.0657. The molecule has 0 aliphatic heterocycles. The van der Waals surface area contributed by atoms with Gasteiger partial charge in [0.2, 0.25) is 0 Å². The molecule has 0 amide bonds. The molecule has 5 heteroatoms. The maximum absolute atomic E-state index is 5.29. The third-order valence-electron chi connectivity index (χ3n) is 12.3. The van der Waals surface area contributed by atoms with Gasteiger partial charge >= 0.3 is 21.1 Å². The van der Waals surface area contributed by atoms with E-state index in [0.717, 1.165) is 96.5 Å². The zero-order chi connectivity index (χ0) is 44.4. The fourth-order valence-electron chi connectivity index (χ4n) is 9.12. The van der Waals surface area contributed by atoms with Crippen LogP contribution in [0.1, 0.15) is 11.1 Å². The number of hydrogen-bond acceptors (Lipinski definition) is 2. The Labute approximate surface area is 403 Å². The Morgan fingerprint density at radius 3 is 0.910 bits per heavy atom. The van der Waals surface area contributed by atoms with Gasteiger partial charge in [0, 0.05) is 12.7 Å². The van der Waals surface area contributed by atoms with Crippen molar-refractivity contribution in [1.82, 2.24) is 0 Å². The van der Waals surface area contributed by atoms with Crippen LogP contribution in [-0.4, -0.2) is 12.7 Å². The third-order valence-corrected chi connectivity index (χ3v) is 12.3. The van der Waals surface area contributed by atoms with Gasteiger partial charge in [0.25, 0.3) is 0 Å². The van der Waals surface area contributed by atoms with Crippen LogP contribution in [0.4, 0.5) is 22.7 Å². The van der Waals surface area contributed by atoms with Gasteiger partial charge < -0.3 is 19.8 Å². The van der Waals surface area contributed by atoms with Crippen molar-refractivity contribution in [3.8, 4) is 0 Å². The largest absolute Gasteiger partial charge is 4.00 e. The molecule has 0 fully saturated rings. The van der Waals surface area contributed by atoms with Gasteiger partial charge in [-0.1, -0.05) is 247 Å². The molecule has 0 aromatic heterocycles. The molecule has 320 valence electrons. The van der Waals surface area contributed by atoms with Crippen molar-refractivity contribution in [3.05, 3.63) is 292 Å². The Balaban J connectivity index is 0.00000525. The van der Waals surface area contributed by atoms with Gasteiger partial charge in [0.05, 0.1) is 0 Å². The van der Waals surface area contributed by atoms with Gasteiger partial charge in [-0.05, 0) is 35.7 Å². The molecule has 9 aromatic rings. The van der Waals surface area contributed by atoms with Gasteiger partial charge in [0.15, 0.2) is 0 Å². The van der Waals surface area contributed by atoms with Crippen LogP contribution in [0.15, 0.2) is 228 Å². The molecule has 67 heavy (non-hydrogen) atoms. The molecule has 9 aromatic carbocycles. The van der Waals surface area contributed by atoms with Crippen molar-refractivity contribution < 1.29 is 21.1 Å². The average molecular weight is 1040 g/mol. The Kier molecular flexibility index (Phi) is 12.1. The molecule has 0 radical (unpaired) electrons. The van der Waals surface area contributed by atoms with E-state index in [1.54, 1.807) is 0 Å². The van der Waals surface area contributed by atoms with E-state index in [1.165, 1.54) is 0 Å². The summed E-state index contributed by atoms with van der Waals surface area (Å²) in [6, 6.07) is 75.9. The Morgan fingerprint density at radius 1 is 0.299 bits per heavy atom. The molecule has 0 atom stereocenters. The summed E-state index contributed by atoms with van der Waals surface area (Å²) in [7, 11) is 0. The maximum Gasteiger partial charge on any atom is 4.00 e. The van der Waals surface area contributed by atoms with E-state index in [4.69, 9.17) is 9.98 Å². The van der Waals surface area contributed by atoms with E-state index >= 15 is 0 Å². The number of rotatable bonds is 8. The predicted octanol–water partition coefficient (Wildman–Crippen LogP) is 10.5. The van der Waals surface area contributed by atoms with Crippen LogP contribution in [-0.2, 0) is 21.1 Å². The minimum absolute atomic E-state index is 0. The molecule has 2 aliphatic carbocycles. The maximum atomic E-state index is 5.29. The van der Waals surface area contributed by atoms with E-state index in [0.29, 0.717) is 11.4 Å². The molecule has 11 rings (SSSR count). The monoisotopic (exact) mass is 1040 g/mol. The third kappa shape index (κ3) is 8.22. The smallest absolute Gasteiger partial charge is 0.426 e. The van der Waals surface area contributed by atoms with Crippen LogP contribution in [0.5, 0.6) is 0 Å². The van der Waals surface area contributed by atoms with E-state index in [9.17, 15) is 0 Å². The minimum atomic E-state index is 0. The summed E-state index contributed by atoms with van der Waals surface area (Å²) in [5.41, 5.74) is 7.02. The molecule has 0 bridgehead atoms. The van der Waals surface area contributed by atoms with Gasteiger partial charge in [0.1, 0.15) is 0 Å². The van der Waals surface area contributed by atoms with Crippen molar-refractivity contribution in [1.29, 1.82) is 0 Å². The van der Waals surface area contributed by atoms with Crippen LogP contribution >= 0.6 is 0 Å². The van der Waals surface area contributed by atoms with Crippen molar-refractivity contribution in [2.45, 2.75) is 13.8 Å². The Hall–Kier alpha value is -7.91. The first-order valence-corrected chi connectivity index (χ1v) is 22.2. The summed E-state index contributed by atoms with van der Waals surface area (Å²) in [4.78, 5) is 14.7. The zero-order valence-corrected chi connectivity index (χ0v) is 39.2. The Morgan fingerprint density at radius 2 is 0.552 bits per heavy atom. The summed E-state index contributed by atoms with van der Waals surface area (Å²) in [5, 5.41) is 12.9. The standard InChI is InChI=1S/C62H42N4.Pt/c1-43-21-3-17-35-59(43)65(41-63-57-39-45-23-5-7-25-47(45)49-27-9-11-29-51(49)53-31-13-15-33-55(53)57)61-37-19-20-38-62(61)66(60-36-18-4-22-44(60)2)42-64-58-40-46-24-6-8-26-48(46)50-28-10-12-30-52(50)54-32-14-16-34-56(54)58;/h3-38H,1-2H3;/q-4;+4/b49-47-,50-48-,53-51-,54-52-,57-55+,58-56+;. The Bertz CT molecular complexity index is 3860. The van der Waals surface area contributed by atoms with Crippen molar-refractivity contribution in [2.24, 2.45) is 9.98 Å².